The molecule has 3 rings (SSSR count). The number of halogens is 1. The van der Waals surface area contributed by atoms with Crippen molar-refractivity contribution in [2.45, 2.75) is 5.92 Å². The maximum absolute atomic E-state index is 14.4. The molecule has 2 unspecified atom stereocenters. The summed E-state index contributed by atoms with van der Waals surface area (Å²) in [6.45, 7) is 0.479. The molecule has 8 heteroatoms. The number of benzene rings is 1. The summed E-state index contributed by atoms with van der Waals surface area (Å²) in [5.41, 5.74) is 0.507. The van der Waals surface area contributed by atoms with Gasteiger partial charge in [0, 0.05) is 25.1 Å². The minimum absolute atomic E-state index is 0.176. The predicted molar refractivity (Wildman–Crippen MR) is 85.8 cm³/mol. The van der Waals surface area contributed by atoms with Crippen LogP contribution in [-0.4, -0.2) is 41.5 Å². The second-order valence-corrected chi connectivity index (χ2v) is 5.73. The van der Waals surface area contributed by atoms with Gasteiger partial charge in [-0.2, -0.15) is 5.26 Å². The van der Waals surface area contributed by atoms with Crippen LogP contribution < -0.4 is 9.64 Å². The Kier molecular flexibility index (Phi) is 4.48. The molecule has 0 saturated carbocycles. The molecule has 25 heavy (non-hydrogen) atoms. The second-order valence-electron chi connectivity index (χ2n) is 5.73. The van der Waals surface area contributed by atoms with Crippen molar-refractivity contribution in [3.63, 3.8) is 0 Å². The molecular weight excluding hydrogens is 327 g/mol. The molecule has 1 aliphatic heterocycles. The first-order valence-corrected chi connectivity index (χ1v) is 7.58. The first-order valence-electron chi connectivity index (χ1n) is 7.58. The first-order chi connectivity index (χ1) is 12.0. The Morgan fingerprint density at radius 1 is 1.36 bits per heavy atom. The predicted octanol–water partition coefficient (Wildman–Crippen LogP) is 1.80. The Morgan fingerprint density at radius 2 is 2.16 bits per heavy atom. The summed E-state index contributed by atoms with van der Waals surface area (Å²) in [4.78, 5) is 13.4. The summed E-state index contributed by atoms with van der Waals surface area (Å²) in [6.07, 6.45) is 0. The van der Waals surface area contributed by atoms with E-state index in [4.69, 9.17) is 10.00 Å². The molecule has 1 fully saturated rings. The van der Waals surface area contributed by atoms with Gasteiger partial charge in [-0.3, -0.25) is 4.79 Å². The first kappa shape index (κ1) is 16.6. The summed E-state index contributed by atoms with van der Waals surface area (Å²) >= 11 is 0. The van der Waals surface area contributed by atoms with Crippen molar-refractivity contribution in [3.05, 3.63) is 47.4 Å². The number of nitriles is 1. The van der Waals surface area contributed by atoms with Crippen LogP contribution in [0.2, 0.25) is 0 Å². The van der Waals surface area contributed by atoms with Crippen LogP contribution in [-0.2, 0) is 4.79 Å². The Labute approximate surface area is 143 Å². The van der Waals surface area contributed by atoms with Gasteiger partial charge in [0.15, 0.2) is 11.5 Å². The van der Waals surface area contributed by atoms with Gasteiger partial charge < -0.3 is 14.7 Å². The quantitative estimate of drug-likeness (QED) is 0.904. The van der Waals surface area contributed by atoms with E-state index in [0.717, 1.165) is 0 Å². The molecule has 0 amide bonds. The molecule has 0 spiro atoms. The maximum atomic E-state index is 14.4. The number of aliphatic carboxylic acids is 1. The van der Waals surface area contributed by atoms with Crippen molar-refractivity contribution in [1.82, 2.24) is 10.2 Å². The summed E-state index contributed by atoms with van der Waals surface area (Å²) in [5.74, 6) is -1.96. The fourth-order valence-electron chi connectivity index (χ4n) is 3.05. The molecule has 2 atom stereocenters. The summed E-state index contributed by atoms with van der Waals surface area (Å²) in [6, 6.07) is 9.42. The van der Waals surface area contributed by atoms with Gasteiger partial charge in [-0.05, 0) is 23.8 Å². The number of carboxylic acids is 1. The Hall–Kier alpha value is -3.21. The lowest BCUT2D eigenvalue weighted by molar-refractivity contribution is -0.141. The third-order valence-electron chi connectivity index (χ3n) is 4.33. The van der Waals surface area contributed by atoms with Crippen LogP contribution in [0.5, 0.6) is 5.75 Å². The lowest BCUT2D eigenvalue weighted by Gasteiger charge is -2.17. The highest BCUT2D eigenvalue weighted by Crippen LogP contribution is 2.36. The standard InChI is InChI=1S/C17H15FN4O3/c1-25-11-3-4-12(15(18)6-11)13-8-22(9-14(13)17(23)24)16-5-2-10(7-19)20-21-16/h2-6,13-14H,8-9H2,1H3,(H,23,24). The lowest BCUT2D eigenvalue weighted by Crippen LogP contribution is -2.24. The minimum Gasteiger partial charge on any atom is -0.497 e. The molecule has 0 aliphatic carbocycles. The van der Waals surface area contributed by atoms with E-state index in [1.807, 2.05) is 6.07 Å². The zero-order chi connectivity index (χ0) is 18.0. The molecule has 1 aromatic carbocycles. The van der Waals surface area contributed by atoms with Gasteiger partial charge in [0.1, 0.15) is 17.6 Å². The van der Waals surface area contributed by atoms with Crippen LogP contribution in [0.3, 0.4) is 0 Å². The van der Waals surface area contributed by atoms with Crippen molar-refractivity contribution < 1.29 is 19.0 Å². The van der Waals surface area contributed by atoms with E-state index in [9.17, 15) is 14.3 Å². The summed E-state index contributed by atoms with van der Waals surface area (Å²) < 4.78 is 19.4. The van der Waals surface area contributed by atoms with Gasteiger partial charge in [-0.1, -0.05) is 6.07 Å². The van der Waals surface area contributed by atoms with Crippen molar-refractivity contribution in [2.24, 2.45) is 5.92 Å². The molecule has 1 N–H and O–H groups in total. The number of methoxy groups -OCH3 is 1. The number of hydrogen-bond acceptors (Lipinski definition) is 6. The molecule has 7 nitrogen and oxygen atoms in total. The molecule has 1 aromatic heterocycles. The van der Waals surface area contributed by atoms with E-state index in [1.165, 1.54) is 19.2 Å². The van der Waals surface area contributed by atoms with E-state index in [0.29, 0.717) is 23.7 Å². The molecule has 2 heterocycles. The van der Waals surface area contributed by atoms with Crippen molar-refractivity contribution in [3.8, 4) is 11.8 Å². The van der Waals surface area contributed by atoms with Gasteiger partial charge in [0.2, 0.25) is 0 Å². The molecule has 0 radical (unpaired) electrons. The average molecular weight is 342 g/mol. The van der Waals surface area contributed by atoms with Crippen LogP contribution >= 0.6 is 0 Å². The maximum Gasteiger partial charge on any atom is 0.308 e. The zero-order valence-corrected chi connectivity index (χ0v) is 13.4. The van der Waals surface area contributed by atoms with Gasteiger partial charge in [0.25, 0.3) is 0 Å². The van der Waals surface area contributed by atoms with Crippen LogP contribution in [0.4, 0.5) is 10.2 Å². The van der Waals surface area contributed by atoms with Gasteiger partial charge in [-0.25, -0.2) is 4.39 Å². The fourth-order valence-corrected chi connectivity index (χ4v) is 3.05. The van der Waals surface area contributed by atoms with Gasteiger partial charge in [0.05, 0.1) is 13.0 Å². The van der Waals surface area contributed by atoms with Crippen LogP contribution in [0, 0.1) is 23.1 Å². The number of anilines is 1. The number of carboxylic acid groups (broad SMARTS) is 1. The van der Waals surface area contributed by atoms with E-state index < -0.39 is 23.6 Å². The highest BCUT2D eigenvalue weighted by Gasteiger charge is 2.40. The number of hydrogen-bond donors (Lipinski definition) is 1. The van der Waals surface area contributed by atoms with E-state index in [1.54, 1.807) is 23.1 Å². The third kappa shape index (κ3) is 3.21. The van der Waals surface area contributed by atoms with Crippen LogP contribution in [0.15, 0.2) is 30.3 Å². The Balaban J connectivity index is 1.90. The number of nitrogens with zero attached hydrogens (tertiary/aromatic N) is 4. The fraction of sp³-hybridized carbons (Fsp3) is 0.294. The largest absolute Gasteiger partial charge is 0.497 e. The molecule has 0 bridgehead atoms. The third-order valence-corrected chi connectivity index (χ3v) is 4.33. The topological polar surface area (TPSA) is 99.3 Å². The van der Waals surface area contributed by atoms with Crippen molar-refractivity contribution in [2.75, 3.05) is 25.1 Å². The van der Waals surface area contributed by atoms with Crippen LogP contribution in [0.1, 0.15) is 17.2 Å². The molecule has 2 aromatic rings. The summed E-state index contributed by atoms with van der Waals surface area (Å²) in [7, 11) is 1.44. The van der Waals surface area contributed by atoms with E-state index in [-0.39, 0.29) is 12.2 Å². The SMILES string of the molecule is COc1ccc(C2CN(c3ccc(C#N)nn3)CC2C(=O)O)c(F)c1. The molecule has 1 saturated heterocycles. The zero-order valence-electron chi connectivity index (χ0n) is 13.4. The summed E-state index contributed by atoms with van der Waals surface area (Å²) in [5, 5.41) is 26.0. The highest BCUT2D eigenvalue weighted by atomic mass is 19.1. The number of ether oxygens (including phenoxy) is 1. The Morgan fingerprint density at radius 3 is 2.72 bits per heavy atom. The van der Waals surface area contributed by atoms with E-state index >= 15 is 0 Å². The number of carbonyl (C=O) groups is 1. The molecule has 128 valence electrons. The van der Waals surface area contributed by atoms with Crippen molar-refractivity contribution >= 4 is 11.8 Å². The lowest BCUT2D eigenvalue weighted by atomic mass is 9.88. The number of aromatic nitrogens is 2. The van der Waals surface area contributed by atoms with Gasteiger partial charge in [-0.15, -0.1) is 10.2 Å². The monoisotopic (exact) mass is 342 g/mol. The normalized spacial score (nSPS) is 19.5. The molecule has 1 aliphatic rings. The smallest absolute Gasteiger partial charge is 0.308 e. The van der Waals surface area contributed by atoms with Crippen LogP contribution in [0.25, 0.3) is 0 Å². The van der Waals surface area contributed by atoms with Crippen molar-refractivity contribution in [1.29, 1.82) is 5.26 Å². The van der Waals surface area contributed by atoms with Gasteiger partial charge >= 0.3 is 5.97 Å². The minimum atomic E-state index is -0.996. The second kappa shape index (κ2) is 6.73. The average Bonchev–Trinajstić information content (AvgIpc) is 3.07. The van der Waals surface area contributed by atoms with E-state index in [2.05, 4.69) is 10.2 Å². The molecular formula is C17H15FN4O3. The highest BCUT2D eigenvalue weighted by molar-refractivity contribution is 5.74. The number of rotatable bonds is 4. The Bertz CT molecular complexity index is 835.